The minimum atomic E-state index is -0.570. The summed E-state index contributed by atoms with van der Waals surface area (Å²) in [6, 6.07) is 1.18. The Hall–Kier alpha value is -2.10. The van der Waals surface area contributed by atoms with Gasteiger partial charge >= 0.3 is 5.97 Å². The van der Waals surface area contributed by atoms with Crippen molar-refractivity contribution in [1.29, 1.82) is 0 Å². The molecule has 0 aliphatic carbocycles. The van der Waals surface area contributed by atoms with Gasteiger partial charge in [0, 0.05) is 17.3 Å². The van der Waals surface area contributed by atoms with Crippen molar-refractivity contribution in [2.45, 2.75) is 13.8 Å². The van der Waals surface area contributed by atoms with Crippen LogP contribution < -0.4 is 5.56 Å². The molecule has 0 fully saturated rings. The van der Waals surface area contributed by atoms with Gasteiger partial charge in [-0.05, 0) is 6.08 Å². The molecule has 0 amide bonds. The normalized spacial score (nSPS) is 8.65. The number of ether oxygens (including phenoxy) is 1. The van der Waals surface area contributed by atoms with Crippen LogP contribution in [0, 0.1) is 0 Å². The third-order valence-electron chi connectivity index (χ3n) is 1.93. The lowest BCUT2D eigenvalue weighted by molar-refractivity contribution is 0.0600. The monoisotopic (exact) mass is 235 g/mol. The lowest BCUT2D eigenvalue weighted by atomic mass is 10.1. The molecular formula is C13H17NO3. The van der Waals surface area contributed by atoms with Gasteiger partial charge in [0.2, 0.25) is 5.56 Å². The SMILES string of the molecule is C=Cc1[nH]c(=O)cc(C(=O)OC)c1C=C.CC. The van der Waals surface area contributed by atoms with E-state index in [9.17, 15) is 9.59 Å². The molecule has 92 valence electrons. The van der Waals surface area contributed by atoms with Crippen LogP contribution in [-0.4, -0.2) is 18.1 Å². The third-order valence-corrected chi connectivity index (χ3v) is 1.93. The molecule has 0 atom stereocenters. The fourth-order valence-electron chi connectivity index (χ4n) is 1.25. The number of aromatic nitrogens is 1. The maximum absolute atomic E-state index is 11.4. The number of carbonyl (C=O) groups is 1. The van der Waals surface area contributed by atoms with Gasteiger partial charge in [-0.3, -0.25) is 4.79 Å². The van der Waals surface area contributed by atoms with E-state index in [0.29, 0.717) is 11.3 Å². The minimum Gasteiger partial charge on any atom is -0.465 e. The number of methoxy groups -OCH3 is 1. The van der Waals surface area contributed by atoms with E-state index in [1.165, 1.54) is 25.3 Å². The van der Waals surface area contributed by atoms with Crippen LogP contribution in [0.2, 0.25) is 0 Å². The fourth-order valence-corrected chi connectivity index (χ4v) is 1.25. The van der Waals surface area contributed by atoms with Crippen LogP contribution in [0.5, 0.6) is 0 Å². The van der Waals surface area contributed by atoms with E-state index in [1.54, 1.807) is 0 Å². The second kappa shape index (κ2) is 7.22. The molecule has 17 heavy (non-hydrogen) atoms. The highest BCUT2D eigenvalue weighted by atomic mass is 16.5. The molecular weight excluding hydrogens is 218 g/mol. The van der Waals surface area contributed by atoms with E-state index in [-0.39, 0.29) is 11.1 Å². The van der Waals surface area contributed by atoms with Gasteiger partial charge in [0.15, 0.2) is 0 Å². The van der Waals surface area contributed by atoms with Crippen LogP contribution in [0.25, 0.3) is 12.2 Å². The Bertz CT molecular complexity index is 472. The Morgan fingerprint density at radius 2 is 1.94 bits per heavy atom. The summed E-state index contributed by atoms with van der Waals surface area (Å²) in [6.07, 6.45) is 2.92. The van der Waals surface area contributed by atoms with E-state index >= 15 is 0 Å². The molecule has 4 heteroatoms. The Morgan fingerprint density at radius 3 is 2.35 bits per heavy atom. The summed E-state index contributed by atoms with van der Waals surface area (Å²) < 4.78 is 4.56. The number of carbonyl (C=O) groups excluding carboxylic acids is 1. The molecule has 0 radical (unpaired) electrons. The predicted molar refractivity (Wildman–Crippen MR) is 69.9 cm³/mol. The summed E-state index contributed by atoms with van der Waals surface area (Å²) in [5.41, 5.74) is 0.774. The van der Waals surface area contributed by atoms with E-state index in [0.717, 1.165) is 0 Å². The Morgan fingerprint density at radius 1 is 1.35 bits per heavy atom. The lowest BCUT2D eigenvalue weighted by Crippen LogP contribution is -2.14. The number of aromatic amines is 1. The molecule has 0 aliphatic rings. The van der Waals surface area contributed by atoms with Crippen molar-refractivity contribution in [2.75, 3.05) is 7.11 Å². The topological polar surface area (TPSA) is 59.2 Å². The van der Waals surface area contributed by atoms with Gasteiger partial charge in [-0.25, -0.2) is 4.79 Å². The minimum absolute atomic E-state index is 0.186. The second-order valence-electron chi connectivity index (χ2n) is 2.77. The first-order valence-electron chi connectivity index (χ1n) is 5.24. The molecule has 0 spiro atoms. The molecule has 1 aromatic rings. The van der Waals surface area contributed by atoms with Gasteiger partial charge in [0.1, 0.15) is 0 Å². The molecule has 0 saturated heterocycles. The average molecular weight is 235 g/mol. The highest BCUT2D eigenvalue weighted by molar-refractivity contribution is 5.94. The van der Waals surface area contributed by atoms with E-state index in [4.69, 9.17) is 0 Å². The third kappa shape index (κ3) is 3.45. The Kier molecular flexibility index (Phi) is 6.33. The molecule has 0 unspecified atom stereocenters. The quantitative estimate of drug-likeness (QED) is 0.819. The summed E-state index contributed by atoms with van der Waals surface area (Å²) in [7, 11) is 1.25. The first-order valence-corrected chi connectivity index (χ1v) is 5.24. The van der Waals surface area contributed by atoms with E-state index in [1.807, 2.05) is 13.8 Å². The summed E-state index contributed by atoms with van der Waals surface area (Å²) in [4.78, 5) is 25.1. The van der Waals surface area contributed by atoms with Gasteiger partial charge in [0.05, 0.1) is 12.7 Å². The number of esters is 1. The standard InChI is InChI=1S/C11H11NO3.C2H6/c1-4-7-8(11(14)15-3)6-10(13)12-9(7)5-2;1-2/h4-6H,1-2H2,3H3,(H,12,13);1-2H3. The van der Waals surface area contributed by atoms with Crippen molar-refractivity contribution in [2.24, 2.45) is 0 Å². The maximum Gasteiger partial charge on any atom is 0.338 e. The number of hydrogen-bond donors (Lipinski definition) is 1. The number of hydrogen-bond acceptors (Lipinski definition) is 3. The predicted octanol–water partition coefficient (Wildman–Crippen LogP) is 2.47. The second-order valence-corrected chi connectivity index (χ2v) is 2.77. The van der Waals surface area contributed by atoms with Crippen LogP contribution in [0.3, 0.4) is 0 Å². The van der Waals surface area contributed by atoms with Crippen molar-refractivity contribution in [3.63, 3.8) is 0 Å². The zero-order valence-electron chi connectivity index (χ0n) is 10.4. The molecule has 1 heterocycles. The summed E-state index contributed by atoms with van der Waals surface area (Å²) >= 11 is 0. The Labute approximate surface area is 101 Å². The van der Waals surface area contributed by atoms with Crippen molar-refractivity contribution in [3.8, 4) is 0 Å². The molecule has 1 N–H and O–H groups in total. The zero-order chi connectivity index (χ0) is 13.4. The summed E-state index contributed by atoms with van der Waals surface area (Å²) in [5.74, 6) is -0.570. The van der Waals surface area contributed by atoms with E-state index in [2.05, 4.69) is 22.9 Å². The van der Waals surface area contributed by atoms with Crippen LogP contribution in [0.1, 0.15) is 35.5 Å². The molecule has 1 aromatic heterocycles. The smallest absolute Gasteiger partial charge is 0.338 e. The molecule has 0 bridgehead atoms. The van der Waals surface area contributed by atoms with Crippen molar-refractivity contribution in [1.82, 2.24) is 4.98 Å². The van der Waals surface area contributed by atoms with Gasteiger partial charge in [0.25, 0.3) is 0 Å². The Balaban J connectivity index is 0.00000121. The largest absolute Gasteiger partial charge is 0.465 e. The molecule has 0 aromatic carbocycles. The zero-order valence-corrected chi connectivity index (χ0v) is 10.4. The molecule has 0 saturated carbocycles. The maximum atomic E-state index is 11.4. The molecule has 0 aliphatic heterocycles. The number of pyridine rings is 1. The van der Waals surface area contributed by atoms with Crippen molar-refractivity contribution in [3.05, 3.63) is 46.4 Å². The van der Waals surface area contributed by atoms with E-state index < -0.39 is 5.97 Å². The van der Waals surface area contributed by atoms with Crippen molar-refractivity contribution < 1.29 is 9.53 Å². The lowest BCUT2D eigenvalue weighted by Gasteiger charge is -2.06. The molecule has 1 rings (SSSR count). The average Bonchev–Trinajstić information content (AvgIpc) is 2.38. The van der Waals surface area contributed by atoms with Gasteiger partial charge in [-0.15, -0.1) is 0 Å². The molecule has 4 nitrogen and oxygen atoms in total. The van der Waals surface area contributed by atoms with Gasteiger partial charge < -0.3 is 9.72 Å². The number of H-pyrrole nitrogens is 1. The fraction of sp³-hybridized carbons (Fsp3) is 0.231. The number of nitrogens with one attached hydrogen (secondary N) is 1. The first-order chi connectivity index (χ1) is 8.13. The summed E-state index contributed by atoms with van der Waals surface area (Å²) in [6.45, 7) is 11.1. The van der Waals surface area contributed by atoms with Crippen LogP contribution in [0.15, 0.2) is 24.0 Å². The number of rotatable bonds is 3. The van der Waals surface area contributed by atoms with Crippen molar-refractivity contribution >= 4 is 18.1 Å². The highest BCUT2D eigenvalue weighted by Crippen LogP contribution is 2.14. The van der Waals surface area contributed by atoms with Gasteiger partial charge in [-0.1, -0.05) is 33.1 Å². The first kappa shape index (κ1) is 14.9. The van der Waals surface area contributed by atoms with Crippen LogP contribution >= 0.6 is 0 Å². The highest BCUT2D eigenvalue weighted by Gasteiger charge is 2.13. The van der Waals surface area contributed by atoms with Crippen LogP contribution in [0.4, 0.5) is 0 Å². The van der Waals surface area contributed by atoms with Crippen LogP contribution in [-0.2, 0) is 4.74 Å². The summed E-state index contributed by atoms with van der Waals surface area (Å²) in [5, 5.41) is 0. The van der Waals surface area contributed by atoms with Gasteiger partial charge in [-0.2, -0.15) is 0 Å².